The van der Waals surface area contributed by atoms with E-state index in [0.717, 1.165) is 28.9 Å². The van der Waals surface area contributed by atoms with Gasteiger partial charge in [-0.15, -0.1) is 59.7 Å². The van der Waals surface area contributed by atoms with E-state index >= 15 is 0 Å². The number of nitrogens with zero attached hydrogens (tertiary/aromatic N) is 2. The van der Waals surface area contributed by atoms with Gasteiger partial charge in [0.15, 0.2) is 0 Å². The zero-order valence-corrected chi connectivity index (χ0v) is 34.6. The van der Waals surface area contributed by atoms with Crippen molar-refractivity contribution in [2.24, 2.45) is 5.92 Å². The van der Waals surface area contributed by atoms with Crippen LogP contribution in [0.15, 0.2) is 116 Å². The second-order valence-electron chi connectivity index (χ2n) is 15.3. The van der Waals surface area contributed by atoms with Crippen LogP contribution in [-0.4, -0.2) is 18.0 Å². The molecule has 0 aliphatic heterocycles. The van der Waals surface area contributed by atoms with Gasteiger partial charge < -0.3 is 9.97 Å². The zero-order chi connectivity index (χ0) is 34.8. The van der Waals surface area contributed by atoms with Crippen LogP contribution in [0.2, 0.25) is 19.6 Å². The van der Waals surface area contributed by atoms with Gasteiger partial charge in [0.2, 0.25) is 0 Å². The largest absolute Gasteiger partial charge is 0.305 e. The fourth-order valence-corrected chi connectivity index (χ4v) is 9.03. The molecule has 0 amide bonds. The molecule has 4 aromatic carbocycles. The van der Waals surface area contributed by atoms with Crippen molar-refractivity contribution in [2.45, 2.75) is 66.1 Å². The minimum absolute atomic E-state index is 0. The topological polar surface area (TPSA) is 25.8 Å². The maximum absolute atomic E-state index is 4.69. The Morgan fingerprint density at radius 3 is 2.18 bits per heavy atom. The Labute approximate surface area is 317 Å². The molecule has 2 nitrogen and oxygen atoms in total. The molecule has 0 unspecified atom stereocenters. The van der Waals surface area contributed by atoms with Crippen molar-refractivity contribution < 1.29 is 20.1 Å². The number of thiophene rings is 1. The van der Waals surface area contributed by atoms with Gasteiger partial charge in [0, 0.05) is 37.2 Å². The molecule has 0 spiro atoms. The molecule has 5 heteroatoms. The van der Waals surface area contributed by atoms with E-state index in [-0.39, 0.29) is 25.5 Å². The number of pyridine rings is 2. The fourth-order valence-electron chi connectivity index (χ4n) is 6.26. The van der Waals surface area contributed by atoms with Crippen LogP contribution in [0.25, 0.3) is 53.8 Å². The first-order valence-corrected chi connectivity index (χ1v) is 21.6. The Hall–Kier alpha value is -3.73. The van der Waals surface area contributed by atoms with Crippen molar-refractivity contribution in [1.82, 2.24) is 9.97 Å². The van der Waals surface area contributed by atoms with E-state index in [1.165, 1.54) is 47.6 Å². The first kappa shape index (κ1) is 37.5. The van der Waals surface area contributed by atoms with E-state index in [2.05, 4.69) is 161 Å². The van der Waals surface area contributed by atoms with Crippen LogP contribution < -0.4 is 5.19 Å². The van der Waals surface area contributed by atoms with E-state index in [9.17, 15) is 0 Å². The SMILES string of the molecule is CC(C)(C)c1ccnc(-c2[c-]ccc3c2sc2ccc(-c4ccccc4)cc23)c1.CC(C)Cc1cc(-c2[c-]cccc2)ncc1[Si](C)(C)C.[Ir]. The van der Waals surface area contributed by atoms with Crippen LogP contribution in [0.5, 0.6) is 0 Å². The molecule has 0 bridgehead atoms. The molecule has 7 aromatic rings. The minimum atomic E-state index is -1.34. The van der Waals surface area contributed by atoms with E-state index < -0.39 is 8.07 Å². The molecule has 0 aliphatic carbocycles. The van der Waals surface area contributed by atoms with Crippen LogP contribution in [0.1, 0.15) is 45.7 Å². The van der Waals surface area contributed by atoms with Crippen LogP contribution >= 0.6 is 11.3 Å². The van der Waals surface area contributed by atoms with Crippen molar-refractivity contribution in [1.29, 1.82) is 0 Å². The minimum Gasteiger partial charge on any atom is -0.305 e. The Morgan fingerprint density at radius 1 is 0.740 bits per heavy atom. The van der Waals surface area contributed by atoms with Gasteiger partial charge in [-0.2, -0.15) is 11.3 Å². The number of benzene rings is 4. The van der Waals surface area contributed by atoms with Gasteiger partial charge in [0.05, 0.1) is 8.07 Å². The summed E-state index contributed by atoms with van der Waals surface area (Å²) in [4.78, 5) is 9.37. The van der Waals surface area contributed by atoms with E-state index in [4.69, 9.17) is 0 Å². The third kappa shape index (κ3) is 8.58. The molecular formula is C45H46IrN2SSi-2. The molecule has 0 fully saturated rings. The third-order valence-electron chi connectivity index (χ3n) is 8.83. The van der Waals surface area contributed by atoms with Crippen LogP contribution in [-0.2, 0) is 31.9 Å². The first-order valence-electron chi connectivity index (χ1n) is 17.2. The third-order valence-corrected chi connectivity index (χ3v) is 12.1. The summed E-state index contributed by atoms with van der Waals surface area (Å²) >= 11 is 1.83. The molecule has 1 radical (unpaired) electrons. The zero-order valence-electron chi connectivity index (χ0n) is 30.4. The summed E-state index contributed by atoms with van der Waals surface area (Å²) in [6, 6.07) is 43.0. The maximum atomic E-state index is 4.69. The number of rotatable bonds is 6. The van der Waals surface area contributed by atoms with Crippen molar-refractivity contribution in [3.8, 4) is 33.6 Å². The second kappa shape index (κ2) is 15.7. The Kier molecular flexibility index (Phi) is 11.7. The summed E-state index contributed by atoms with van der Waals surface area (Å²) in [6.07, 6.45) is 5.16. The van der Waals surface area contributed by atoms with E-state index in [1.54, 1.807) is 0 Å². The molecule has 257 valence electrons. The summed E-state index contributed by atoms with van der Waals surface area (Å²) in [5, 5.41) is 4.07. The quantitative estimate of drug-likeness (QED) is 0.123. The van der Waals surface area contributed by atoms with Gasteiger partial charge >= 0.3 is 0 Å². The molecule has 0 saturated heterocycles. The molecule has 0 atom stereocenters. The second-order valence-corrected chi connectivity index (χ2v) is 21.4. The molecular weight excluding hydrogens is 821 g/mol. The van der Waals surface area contributed by atoms with Crippen LogP contribution in [0.3, 0.4) is 0 Å². The van der Waals surface area contributed by atoms with Gasteiger partial charge in [-0.05, 0) is 79.3 Å². The summed E-state index contributed by atoms with van der Waals surface area (Å²) < 4.78 is 2.55. The summed E-state index contributed by atoms with van der Waals surface area (Å²) in [6.45, 7) is 18.4. The van der Waals surface area contributed by atoms with Crippen molar-refractivity contribution in [3.63, 3.8) is 0 Å². The van der Waals surface area contributed by atoms with Gasteiger partial charge in [-0.25, -0.2) is 0 Å². The maximum Gasteiger partial charge on any atom is 0.0798 e. The molecule has 3 aromatic heterocycles. The average Bonchev–Trinajstić information content (AvgIpc) is 3.46. The van der Waals surface area contributed by atoms with Crippen molar-refractivity contribution in [3.05, 3.63) is 139 Å². The molecule has 7 rings (SSSR count). The molecule has 3 heterocycles. The summed E-state index contributed by atoms with van der Waals surface area (Å²) in [5.41, 5.74) is 9.57. The van der Waals surface area contributed by atoms with E-state index in [1.807, 2.05) is 41.8 Å². The first-order chi connectivity index (χ1) is 23.4. The van der Waals surface area contributed by atoms with Crippen LogP contribution in [0.4, 0.5) is 0 Å². The fraction of sp³-hybridized carbons (Fsp3) is 0.244. The van der Waals surface area contributed by atoms with E-state index in [0.29, 0.717) is 5.92 Å². The number of hydrogen-bond donors (Lipinski definition) is 0. The van der Waals surface area contributed by atoms with Gasteiger partial charge in [-0.3, -0.25) is 0 Å². The standard InChI is InChI=1S/C27H22NS.C18H24NSi.Ir/c1-27(2,3)20-14-15-28-24(17-20)22-11-7-10-21-23-16-19(18-8-5-4-6-9-18)12-13-25(23)29-26(21)22;1-14(2)11-16-12-17(15-9-7-6-8-10-15)19-13-18(16)20(3,4)5;/h4-10,12-17H,1-3H3;6-9,12-14H,11H2,1-5H3;/q2*-1;. The molecule has 0 aliphatic rings. The molecule has 0 saturated carbocycles. The van der Waals surface area contributed by atoms with Gasteiger partial charge in [0.25, 0.3) is 0 Å². The Balaban J connectivity index is 0.000000204. The van der Waals surface area contributed by atoms with Gasteiger partial charge in [0.1, 0.15) is 0 Å². The predicted octanol–water partition coefficient (Wildman–Crippen LogP) is 12.2. The van der Waals surface area contributed by atoms with Crippen LogP contribution in [0, 0.1) is 18.1 Å². The predicted molar refractivity (Wildman–Crippen MR) is 216 cm³/mol. The van der Waals surface area contributed by atoms with Gasteiger partial charge in [-0.1, -0.05) is 114 Å². The molecule has 0 N–H and O–H groups in total. The average molecular weight is 867 g/mol. The number of aromatic nitrogens is 2. The Morgan fingerprint density at radius 2 is 1.50 bits per heavy atom. The van der Waals surface area contributed by atoms with Crippen molar-refractivity contribution >= 4 is 44.8 Å². The Bertz CT molecular complexity index is 2190. The number of fused-ring (bicyclic) bond motifs is 3. The normalized spacial score (nSPS) is 11.7. The monoisotopic (exact) mass is 867 g/mol. The smallest absolute Gasteiger partial charge is 0.0798 e. The summed E-state index contributed by atoms with van der Waals surface area (Å²) in [7, 11) is -1.34. The summed E-state index contributed by atoms with van der Waals surface area (Å²) in [5.74, 6) is 0.667. The number of hydrogen-bond acceptors (Lipinski definition) is 3. The molecule has 50 heavy (non-hydrogen) atoms. The van der Waals surface area contributed by atoms with Crippen molar-refractivity contribution in [2.75, 3.05) is 0 Å².